The number of piperazine rings is 1. The minimum atomic E-state index is -4.40. The molecule has 2 N–H and O–H groups in total. The Morgan fingerprint density at radius 1 is 1.00 bits per heavy atom. The lowest BCUT2D eigenvalue weighted by atomic mass is 10.1. The zero-order chi connectivity index (χ0) is 24.1. The largest absolute Gasteiger partial charge is 0.416 e. The van der Waals surface area contributed by atoms with Crippen LogP contribution in [0.15, 0.2) is 36.4 Å². The van der Waals surface area contributed by atoms with Crippen LogP contribution < -0.4 is 10.2 Å². The smallest absolute Gasteiger partial charge is 0.338 e. The summed E-state index contributed by atoms with van der Waals surface area (Å²) in [4.78, 5) is 17.8. The van der Waals surface area contributed by atoms with Crippen molar-refractivity contribution in [2.75, 3.05) is 43.4 Å². The first kappa shape index (κ1) is 23.4. The number of alkyl halides is 3. The predicted molar refractivity (Wildman–Crippen MR) is 126 cm³/mol. The molecule has 1 aliphatic heterocycles. The van der Waals surface area contributed by atoms with Gasteiger partial charge in [0.15, 0.2) is 11.6 Å². The Kier molecular flexibility index (Phi) is 6.92. The minimum absolute atomic E-state index is 0.297. The van der Waals surface area contributed by atoms with Gasteiger partial charge in [0.05, 0.1) is 11.3 Å². The number of benzene rings is 1. The van der Waals surface area contributed by atoms with E-state index in [4.69, 9.17) is 0 Å². The lowest BCUT2D eigenvalue weighted by Crippen LogP contribution is -2.45. The number of rotatable bonds is 6. The first-order valence-electron chi connectivity index (χ1n) is 10.8. The quantitative estimate of drug-likeness (QED) is 0.555. The SMILES string of the molecule is C/C=C/c1cc(Nc2nc(/C=C/c3cccc(C(F)(F)F)c3)nc(N3CCN(C)CC3)n2)n[nH]1. The summed E-state index contributed by atoms with van der Waals surface area (Å²) in [6, 6.07) is 6.92. The van der Waals surface area contributed by atoms with E-state index in [-0.39, 0.29) is 0 Å². The molecule has 0 aliphatic carbocycles. The molecule has 0 bridgehead atoms. The summed E-state index contributed by atoms with van der Waals surface area (Å²) in [5, 5.41) is 10.2. The van der Waals surface area contributed by atoms with E-state index < -0.39 is 11.7 Å². The third kappa shape index (κ3) is 5.98. The summed E-state index contributed by atoms with van der Waals surface area (Å²) in [6.07, 6.45) is 2.50. The molecule has 1 saturated heterocycles. The fourth-order valence-electron chi connectivity index (χ4n) is 3.43. The van der Waals surface area contributed by atoms with Crippen molar-refractivity contribution in [1.82, 2.24) is 30.0 Å². The van der Waals surface area contributed by atoms with Crippen molar-refractivity contribution >= 4 is 35.9 Å². The number of aromatic nitrogens is 5. The Labute approximate surface area is 195 Å². The number of allylic oxidation sites excluding steroid dienone is 1. The van der Waals surface area contributed by atoms with Gasteiger partial charge in [-0.05, 0) is 43.8 Å². The van der Waals surface area contributed by atoms with Gasteiger partial charge in [-0.15, -0.1) is 0 Å². The number of aromatic amines is 1. The highest BCUT2D eigenvalue weighted by Gasteiger charge is 2.30. The van der Waals surface area contributed by atoms with Crippen LogP contribution in [0.3, 0.4) is 0 Å². The van der Waals surface area contributed by atoms with E-state index >= 15 is 0 Å². The fourth-order valence-corrected chi connectivity index (χ4v) is 3.43. The van der Waals surface area contributed by atoms with Gasteiger partial charge in [0, 0.05) is 32.2 Å². The van der Waals surface area contributed by atoms with Crippen molar-refractivity contribution in [1.29, 1.82) is 0 Å². The van der Waals surface area contributed by atoms with Gasteiger partial charge >= 0.3 is 6.18 Å². The third-order valence-electron chi connectivity index (χ3n) is 5.25. The number of nitrogens with zero attached hydrogens (tertiary/aromatic N) is 6. The molecule has 0 spiro atoms. The topological polar surface area (TPSA) is 85.9 Å². The van der Waals surface area contributed by atoms with Gasteiger partial charge in [-0.3, -0.25) is 5.10 Å². The molecule has 0 amide bonds. The summed E-state index contributed by atoms with van der Waals surface area (Å²) in [5.74, 6) is 1.66. The molecule has 0 atom stereocenters. The maximum Gasteiger partial charge on any atom is 0.416 e. The average Bonchev–Trinajstić information content (AvgIpc) is 3.25. The van der Waals surface area contributed by atoms with E-state index in [1.807, 2.05) is 25.1 Å². The second-order valence-electron chi connectivity index (χ2n) is 7.90. The zero-order valence-electron chi connectivity index (χ0n) is 18.8. The number of likely N-dealkylation sites (N-methyl/N-ethyl adjacent to an activating group) is 1. The van der Waals surface area contributed by atoms with Crippen molar-refractivity contribution in [3.63, 3.8) is 0 Å². The highest BCUT2D eigenvalue weighted by Crippen LogP contribution is 2.30. The summed E-state index contributed by atoms with van der Waals surface area (Å²) in [7, 11) is 2.06. The molecule has 178 valence electrons. The maximum absolute atomic E-state index is 13.0. The van der Waals surface area contributed by atoms with E-state index in [1.165, 1.54) is 6.07 Å². The first-order valence-corrected chi connectivity index (χ1v) is 10.8. The highest BCUT2D eigenvalue weighted by atomic mass is 19.4. The van der Waals surface area contributed by atoms with Crippen molar-refractivity contribution in [3.05, 3.63) is 59.1 Å². The van der Waals surface area contributed by atoms with Crippen molar-refractivity contribution in [3.8, 4) is 0 Å². The standard InChI is InChI=1S/C23H25F3N8/c1-3-5-18-15-20(32-31-18)28-21-27-19(29-22(30-21)34-12-10-33(2)11-13-34)9-8-16-6-4-7-17(14-16)23(24,25)26/h3-9,14-15H,10-13H2,1-2H3,(H2,27,28,29,30,31,32)/b5-3+,9-8+. The Balaban J connectivity index is 1.63. The number of H-pyrrole nitrogens is 1. The molecule has 34 heavy (non-hydrogen) atoms. The molecule has 8 nitrogen and oxygen atoms in total. The molecule has 1 aliphatic rings. The molecule has 0 saturated carbocycles. The number of nitrogens with one attached hydrogen (secondary N) is 2. The Hall–Kier alpha value is -3.73. The van der Waals surface area contributed by atoms with Crippen LogP contribution in [0.1, 0.15) is 29.6 Å². The van der Waals surface area contributed by atoms with Gasteiger partial charge in [0.1, 0.15) is 0 Å². The lowest BCUT2D eigenvalue weighted by molar-refractivity contribution is -0.137. The van der Waals surface area contributed by atoms with Crippen molar-refractivity contribution in [2.24, 2.45) is 0 Å². The van der Waals surface area contributed by atoms with Crippen LogP contribution in [0.25, 0.3) is 18.2 Å². The maximum atomic E-state index is 13.0. The molecule has 4 rings (SSSR count). The van der Waals surface area contributed by atoms with E-state index in [9.17, 15) is 13.2 Å². The van der Waals surface area contributed by atoms with Crippen LogP contribution in [0.2, 0.25) is 0 Å². The fraction of sp³-hybridized carbons (Fsp3) is 0.304. The Bertz CT molecular complexity index is 1180. The van der Waals surface area contributed by atoms with Gasteiger partial charge in [0.2, 0.25) is 11.9 Å². The normalized spacial score (nSPS) is 15.5. The van der Waals surface area contributed by atoms with Gasteiger partial charge in [-0.25, -0.2) is 0 Å². The molecule has 1 fully saturated rings. The van der Waals surface area contributed by atoms with E-state index in [2.05, 4.69) is 47.3 Å². The summed E-state index contributed by atoms with van der Waals surface area (Å²) in [5.41, 5.74) is 0.512. The second kappa shape index (κ2) is 10.0. The lowest BCUT2D eigenvalue weighted by Gasteiger charge is -2.32. The predicted octanol–water partition coefficient (Wildman–Crippen LogP) is 4.31. The van der Waals surface area contributed by atoms with Gasteiger partial charge in [-0.1, -0.05) is 24.3 Å². The van der Waals surface area contributed by atoms with Crippen LogP contribution >= 0.6 is 0 Å². The summed E-state index contributed by atoms with van der Waals surface area (Å²) >= 11 is 0. The Morgan fingerprint density at radius 3 is 2.53 bits per heavy atom. The number of hydrogen-bond donors (Lipinski definition) is 2. The van der Waals surface area contributed by atoms with Crippen molar-refractivity contribution in [2.45, 2.75) is 13.1 Å². The van der Waals surface area contributed by atoms with E-state index in [0.29, 0.717) is 29.1 Å². The molecule has 0 radical (unpaired) electrons. The van der Waals surface area contributed by atoms with E-state index in [1.54, 1.807) is 18.2 Å². The molecule has 3 heterocycles. The molecular weight excluding hydrogens is 445 g/mol. The molecule has 11 heteroatoms. The number of hydrogen-bond acceptors (Lipinski definition) is 7. The third-order valence-corrected chi connectivity index (χ3v) is 5.25. The van der Waals surface area contributed by atoms with Gasteiger partial charge in [-0.2, -0.15) is 33.2 Å². The van der Waals surface area contributed by atoms with Crippen LogP contribution in [0.4, 0.5) is 30.9 Å². The first-order chi connectivity index (χ1) is 16.3. The Morgan fingerprint density at radius 2 is 1.79 bits per heavy atom. The molecule has 1 aromatic carbocycles. The number of anilines is 3. The van der Waals surface area contributed by atoms with Gasteiger partial charge < -0.3 is 15.1 Å². The van der Waals surface area contributed by atoms with Crippen LogP contribution in [-0.2, 0) is 6.18 Å². The summed E-state index contributed by atoms with van der Waals surface area (Å²) < 4.78 is 39.1. The molecular formula is C23H25F3N8. The second-order valence-corrected chi connectivity index (χ2v) is 7.90. The zero-order valence-corrected chi connectivity index (χ0v) is 18.8. The highest BCUT2D eigenvalue weighted by molar-refractivity contribution is 5.68. The van der Waals surface area contributed by atoms with Crippen LogP contribution in [0, 0.1) is 0 Å². The summed E-state index contributed by atoms with van der Waals surface area (Å²) in [6.45, 7) is 5.16. The monoisotopic (exact) mass is 470 g/mol. The molecule has 2 aromatic heterocycles. The van der Waals surface area contributed by atoms with Crippen molar-refractivity contribution < 1.29 is 13.2 Å². The van der Waals surface area contributed by atoms with E-state index in [0.717, 1.165) is 44.0 Å². The molecule has 3 aromatic rings. The average molecular weight is 471 g/mol. The molecule has 0 unspecified atom stereocenters. The van der Waals surface area contributed by atoms with Gasteiger partial charge in [0.25, 0.3) is 0 Å². The van der Waals surface area contributed by atoms with Crippen LogP contribution in [0.5, 0.6) is 0 Å². The number of halogens is 3. The minimum Gasteiger partial charge on any atom is -0.338 e. The van der Waals surface area contributed by atoms with Crippen LogP contribution in [-0.4, -0.2) is 63.3 Å².